The molecule has 1 heterocycles. The topological polar surface area (TPSA) is 48.7 Å². The normalized spacial score (nSPS) is 10.0. The van der Waals surface area contributed by atoms with Gasteiger partial charge in [0.1, 0.15) is 11.3 Å². The summed E-state index contributed by atoms with van der Waals surface area (Å²) in [7, 11) is 3.06. The molecule has 0 aliphatic rings. The Bertz CT molecular complexity index is 960. The van der Waals surface area contributed by atoms with E-state index in [4.69, 9.17) is 13.9 Å². The third-order valence-electron chi connectivity index (χ3n) is 3.38. The van der Waals surface area contributed by atoms with Crippen molar-refractivity contribution < 1.29 is 13.9 Å². The first kappa shape index (κ1) is 14.7. The first-order valence-corrected chi connectivity index (χ1v) is 6.99. The lowest BCUT2D eigenvalue weighted by atomic mass is 10.1. The largest absolute Gasteiger partial charge is 0.497 e. The average Bonchev–Trinajstić information content (AvgIpc) is 2.59. The zero-order valence-corrected chi connectivity index (χ0v) is 12.8. The maximum atomic E-state index is 12.2. The molecule has 23 heavy (non-hydrogen) atoms. The van der Waals surface area contributed by atoms with E-state index < -0.39 is 5.63 Å². The van der Waals surface area contributed by atoms with Crippen molar-refractivity contribution in [2.75, 3.05) is 14.2 Å². The quantitative estimate of drug-likeness (QED) is 0.539. The molecule has 0 spiro atoms. The molecule has 0 bridgehead atoms. The molecular formula is C19H14O4. The van der Waals surface area contributed by atoms with E-state index in [1.54, 1.807) is 25.3 Å². The second kappa shape index (κ2) is 6.29. The molecule has 0 radical (unpaired) electrons. The van der Waals surface area contributed by atoms with Gasteiger partial charge in [-0.15, -0.1) is 0 Å². The van der Waals surface area contributed by atoms with Gasteiger partial charge < -0.3 is 13.9 Å². The van der Waals surface area contributed by atoms with Crippen molar-refractivity contribution >= 4 is 11.0 Å². The maximum absolute atomic E-state index is 12.2. The van der Waals surface area contributed by atoms with Crippen LogP contribution in [0.5, 0.6) is 11.5 Å². The maximum Gasteiger partial charge on any atom is 0.356 e. The van der Waals surface area contributed by atoms with E-state index >= 15 is 0 Å². The van der Waals surface area contributed by atoms with Crippen LogP contribution in [0.2, 0.25) is 0 Å². The SMILES string of the molecule is COc1ccc2c(OC)c(C#Cc3ccccc3)c(=O)oc2c1. The van der Waals surface area contributed by atoms with Crippen LogP contribution in [0.25, 0.3) is 11.0 Å². The van der Waals surface area contributed by atoms with E-state index in [-0.39, 0.29) is 5.56 Å². The lowest BCUT2D eigenvalue weighted by Gasteiger charge is -2.07. The van der Waals surface area contributed by atoms with Crippen LogP contribution in [0.1, 0.15) is 11.1 Å². The second-order valence-electron chi connectivity index (χ2n) is 4.78. The van der Waals surface area contributed by atoms with Gasteiger partial charge in [0.2, 0.25) is 0 Å². The molecule has 0 aliphatic carbocycles. The molecular weight excluding hydrogens is 292 g/mol. The third-order valence-corrected chi connectivity index (χ3v) is 3.38. The summed E-state index contributed by atoms with van der Waals surface area (Å²) in [6, 6.07) is 14.6. The molecule has 4 heteroatoms. The van der Waals surface area contributed by atoms with Gasteiger partial charge in [-0.1, -0.05) is 30.0 Å². The summed E-state index contributed by atoms with van der Waals surface area (Å²) in [6.45, 7) is 0. The van der Waals surface area contributed by atoms with Crippen LogP contribution in [0.15, 0.2) is 57.7 Å². The number of benzene rings is 2. The van der Waals surface area contributed by atoms with Gasteiger partial charge >= 0.3 is 5.63 Å². The van der Waals surface area contributed by atoms with E-state index in [0.29, 0.717) is 22.5 Å². The van der Waals surface area contributed by atoms with Crippen LogP contribution in [-0.4, -0.2) is 14.2 Å². The van der Waals surface area contributed by atoms with Gasteiger partial charge in [-0.25, -0.2) is 4.79 Å². The molecule has 0 N–H and O–H groups in total. The van der Waals surface area contributed by atoms with Crippen molar-refractivity contribution in [3.05, 3.63) is 70.1 Å². The highest BCUT2D eigenvalue weighted by Gasteiger charge is 2.14. The van der Waals surface area contributed by atoms with Crippen molar-refractivity contribution in [3.63, 3.8) is 0 Å². The third kappa shape index (κ3) is 2.90. The van der Waals surface area contributed by atoms with Gasteiger partial charge in [0.05, 0.1) is 19.6 Å². The lowest BCUT2D eigenvalue weighted by Crippen LogP contribution is -2.07. The van der Waals surface area contributed by atoms with E-state index in [1.807, 2.05) is 30.3 Å². The Morgan fingerprint density at radius 1 is 0.957 bits per heavy atom. The van der Waals surface area contributed by atoms with Crippen molar-refractivity contribution in [2.45, 2.75) is 0 Å². The van der Waals surface area contributed by atoms with Crippen LogP contribution in [-0.2, 0) is 0 Å². The zero-order chi connectivity index (χ0) is 16.2. The summed E-state index contributed by atoms with van der Waals surface area (Å²) in [5.41, 5.74) is 0.875. The van der Waals surface area contributed by atoms with Crippen LogP contribution < -0.4 is 15.1 Å². The van der Waals surface area contributed by atoms with E-state index in [0.717, 1.165) is 5.56 Å². The molecule has 0 atom stereocenters. The van der Waals surface area contributed by atoms with Crippen LogP contribution >= 0.6 is 0 Å². The number of hydrogen-bond donors (Lipinski definition) is 0. The van der Waals surface area contributed by atoms with Crippen molar-refractivity contribution in [3.8, 4) is 23.3 Å². The van der Waals surface area contributed by atoms with Gasteiger partial charge in [-0.05, 0) is 24.3 Å². The monoisotopic (exact) mass is 306 g/mol. The Labute approximate surface area is 133 Å². The van der Waals surface area contributed by atoms with Crippen molar-refractivity contribution in [1.29, 1.82) is 0 Å². The van der Waals surface area contributed by atoms with Gasteiger partial charge in [0.25, 0.3) is 0 Å². The number of fused-ring (bicyclic) bond motifs is 1. The standard InChI is InChI=1S/C19H14O4/c1-21-14-9-11-15-17(12-14)23-19(20)16(18(15)22-2)10-8-13-6-4-3-5-7-13/h3-7,9,11-12H,1-2H3. The van der Waals surface area contributed by atoms with E-state index in [9.17, 15) is 4.79 Å². The molecule has 0 amide bonds. The number of methoxy groups -OCH3 is 2. The van der Waals surface area contributed by atoms with Crippen LogP contribution in [0, 0.1) is 11.8 Å². The first-order chi connectivity index (χ1) is 11.2. The minimum atomic E-state index is -0.536. The first-order valence-electron chi connectivity index (χ1n) is 6.99. The van der Waals surface area contributed by atoms with Crippen molar-refractivity contribution in [2.24, 2.45) is 0 Å². The summed E-state index contributed by atoms with van der Waals surface area (Å²) < 4.78 is 15.9. The average molecular weight is 306 g/mol. The molecule has 0 saturated heterocycles. The van der Waals surface area contributed by atoms with Gasteiger partial charge in [0.15, 0.2) is 11.3 Å². The molecule has 2 aromatic carbocycles. The Morgan fingerprint density at radius 2 is 1.74 bits per heavy atom. The molecule has 0 aliphatic heterocycles. The fourth-order valence-corrected chi connectivity index (χ4v) is 2.26. The van der Waals surface area contributed by atoms with Crippen molar-refractivity contribution in [1.82, 2.24) is 0 Å². The fraction of sp³-hybridized carbons (Fsp3) is 0.105. The summed E-state index contributed by atoms with van der Waals surface area (Å²) >= 11 is 0. The molecule has 114 valence electrons. The number of hydrogen-bond acceptors (Lipinski definition) is 4. The molecule has 4 nitrogen and oxygen atoms in total. The molecule has 0 fully saturated rings. The summed E-state index contributed by atoms with van der Waals surface area (Å²) in [4.78, 5) is 12.2. The summed E-state index contributed by atoms with van der Waals surface area (Å²) in [5, 5.41) is 0.672. The lowest BCUT2D eigenvalue weighted by molar-refractivity contribution is 0.407. The van der Waals surface area contributed by atoms with Crippen LogP contribution in [0.4, 0.5) is 0 Å². The molecule has 0 saturated carbocycles. The predicted molar refractivity (Wildman–Crippen MR) is 88.0 cm³/mol. The summed E-state index contributed by atoms with van der Waals surface area (Å²) in [6.07, 6.45) is 0. The molecule has 3 aromatic rings. The second-order valence-corrected chi connectivity index (χ2v) is 4.78. The predicted octanol–water partition coefficient (Wildman–Crippen LogP) is 3.21. The summed E-state index contributed by atoms with van der Waals surface area (Å²) in [5.74, 6) is 6.81. The molecule has 0 unspecified atom stereocenters. The highest BCUT2D eigenvalue weighted by Crippen LogP contribution is 2.29. The minimum absolute atomic E-state index is 0.203. The number of ether oxygens (including phenoxy) is 2. The Kier molecular flexibility index (Phi) is 4.03. The number of rotatable bonds is 2. The van der Waals surface area contributed by atoms with Gasteiger partial charge in [-0.3, -0.25) is 0 Å². The molecule has 3 rings (SSSR count). The highest BCUT2D eigenvalue weighted by molar-refractivity contribution is 5.86. The molecule has 1 aromatic heterocycles. The Balaban J connectivity index is 2.20. The van der Waals surface area contributed by atoms with Gasteiger partial charge in [-0.2, -0.15) is 0 Å². The smallest absolute Gasteiger partial charge is 0.356 e. The Morgan fingerprint density at radius 3 is 2.43 bits per heavy atom. The van der Waals surface area contributed by atoms with E-state index in [2.05, 4.69) is 11.8 Å². The zero-order valence-electron chi connectivity index (χ0n) is 12.8. The van der Waals surface area contributed by atoms with Crippen LogP contribution in [0.3, 0.4) is 0 Å². The minimum Gasteiger partial charge on any atom is -0.497 e. The fourth-order valence-electron chi connectivity index (χ4n) is 2.26. The highest BCUT2D eigenvalue weighted by atomic mass is 16.5. The van der Waals surface area contributed by atoms with Gasteiger partial charge in [0, 0.05) is 11.6 Å². The Hall–Kier alpha value is -3.19. The van der Waals surface area contributed by atoms with E-state index in [1.165, 1.54) is 7.11 Å².